The minimum Gasteiger partial charge on any atom is -0.302 e. The number of unbranched alkanes of at least 4 members (excludes halogenated alkanes) is 18. The molecule has 4 nitrogen and oxygen atoms in total. The zero-order valence-corrected chi connectivity index (χ0v) is 20.6. The molecule has 0 atom stereocenters. The molecule has 0 spiro atoms. The van der Waals surface area contributed by atoms with E-state index >= 15 is 0 Å². The molecule has 1 N–H and O–H groups in total. The molecule has 29 heavy (non-hydrogen) atoms. The van der Waals surface area contributed by atoms with Crippen molar-refractivity contribution >= 4 is 7.82 Å². The standard InChI is InChI=1S/C24H51O4P/c1-3-5-7-9-11-13-15-17-19-21-23-27-29(25,26)28-24-22-20-18-16-14-12-10-8-6-4-2/h3-24H2,1-2H3,(H,25,26). The fourth-order valence-electron chi connectivity index (χ4n) is 3.58. The Balaban J connectivity index is 3.31. The Labute approximate surface area is 182 Å². The minimum absolute atomic E-state index is 0.322. The fourth-order valence-corrected chi connectivity index (χ4v) is 4.37. The maximum absolute atomic E-state index is 11.8. The van der Waals surface area contributed by atoms with Crippen molar-refractivity contribution in [2.75, 3.05) is 13.2 Å². The monoisotopic (exact) mass is 434 g/mol. The second-order valence-electron chi connectivity index (χ2n) is 8.50. The number of hydrogen-bond donors (Lipinski definition) is 1. The van der Waals surface area contributed by atoms with Gasteiger partial charge in [0, 0.05) is 0 Å². The molecule has 0 rings (SSSR count). The molecule has 0 aromatic rings. The SMILES string of the molecule is CCCCCCCCCCCCOP(=O)(O)OCCCCCCCCCCCC. The van der Waals surface area contributed by atoms with Gasteiger partial charge in [-0.1, -0.05) is 129 Å². The van der Waals surface area contributed by atoms with Crippen LogP contribution in [0, 0.1) is 0 Å². The second kappa shape index (κ2) is 22.8. The molecule has 0 radical (unpaired) electrons. The second-order valence-corrected chi connectivity index (χ2v) is 9.95. The van der Waals surface area contributed by atoms with Crippen LogP contribution in [0.15, 0.2) is 0 Å². The van der Waals surface area contributed by atoms with Crippen molar-refractivity contribution in [3.63, 3.8) is 0 Å². The van der Waals surface area contributed by atoms with E-state index < -0.39 is 7.82 Å². The first-order valence-electron chi connectivity index (χ1n) is 12.7. The normalized spacial score (nSPS) is 12.0. The van der Waals surface area contributed by atoms with Gasteiger partial charge in [-0.25, -0.2) is 4.57 Å². The molecule has 0 fully saturated rings. The van der Waals surface area contributed by atoms with Crippen LogP contribution in [-0.4, -0.2) is 18.1 Å². The molecule has 0 aromatic carbocycles. The van der Waals surface area contributed by atoms with E-state index in [0.29, 0.717) is 13.2 Å². The maximum atomic E-state index is 11.8. The van der Waals surface area contributed by atoms with Crippen LogP contribution in [0.1, 0.15) is 142 Å². The van der Waals surface area contributed by atoms with Crippen molar-refractivity contribution < 1.29 is 18.5 Å². The zero-order chi connectivity index (χ0) is 21.5. The third-order valence-electron chi connectivity index (χ3n) is 5.50. The molecule has 0 aliphatic carbocycles. The minimum atomic E-state index is -3.85. The third kappa shape index (κ3) is 24.3. The summed E-state index contributed by atoms with van der Waals surface area (Å²) in [5, 5.41) is 0. The van der Waals surface area contributed by atoms with Gasteiger partial charge in [0.1, 0.15) is 0 Å². The van der Waals surface area contributed by atoms with Crippen LogP contribution in [0.25, 0.3) is 0 Å². The summed E-state index contributed by atoms with van der Waals surface area (Å²) >= 11 is 0. The highest BCUT2D eigenvalue weighted by Crippen LogP contribution is 2.43. The predicted molar refractivity (Wildman–Crippen MR) is 125 cm³/mol. The van der Waals surface area contributed by atoms with Gasteiger partial charge in [0.05, 0.1) is 13.2 Å². The average Bonchev–Trinajstić information content (AvgIpc) is 2.70. The van der Waals surface area contributed by atoms with E-state index in [0.717, 1.165) is 25.7 Å². The van der Waals surface area contributed by atoms with Crippen LogP contribution in [0.3, 0.4) is 0 Å². The largest absolute Gasteiger partial charge is 0.472 e. The molecule has 0 aromatic heterocycles. The zero-order valence-electron chi connectivity index (χ0n) is 19.7. The molecule has 0 bridgehead atoms. The van der Waals surface area contributed by atoms with E-state index in [-0.39, 0.29) is 0 Å². The Morgan fingerprint density at radius 2 is 0.724 bits per heavy atom. The fraction of sp³-hybridized carbons (Fsp3) is 1.00. The summed E-state index contributed by atoms with van der Waals surface area (Å²) in [5.41, 5.74) is 0. The molecule has 0 aliphatic rings. The highest BCUT2D eigenvalue weighted by atomic mass is 31.2. The molecule has 0 heterocycles. The van der Waals surface area contributed by atoms with Crippen LogP contribution in [0.4, 0.5) is 0 Å². The van der Waals surface area contributed by atoms with E-state index in [1.165, 1.54) is 103 Å². The number of hydrogen-bond acceptors (Lipinski definition) is 3. The van der Waals surface area contributed by atoms with Crippen LogP contribution >= 0.6 is 7.82 Å². The summed E-state index contributed by atoms with van der Waals surface area (Å²) in [7, 11) is -3.85. The molecule has 5 heteroatoms. The molecule has 0 amide bonds. The van der Waals surface area contributed by atoms with Crippen LogP contribution in [-0.2, 0) is 13.6 Å². The van der Waals surface area contributed by atoms with Crippen molar-refractivity contribution in [2.45, 2.75) is 142 Å². The summed E-state index contributed by atoms with van der Waals surface area (Å²) in [5.74, 6) is 0. The van der Waals surface area contributed by atoms with Gasteiger partial charge in [0.15, 0.2) is 0 Å². The van der Waals surface area contributed by atoms with Gasteiger partial charge in [0.25, 0.3) is 0 Å². The topological polar surface area (TPSA) is 55.8 Å². The Kier molecular flexibility index (Phi) is 22.9. The van der Waals surface area contributed by atoms with Crippen LogP contribution in [0.2, 0.25) is 0 Å². The Morgan fingerprint density at radius 3 is 1.00 bits per heavy atom. The number of rotatable bonds is 24. The van der Waals surface area contributed by atoms with E-state index in [1.807, 2.05) is 0 Å². The predicted octanol–water partition coefficient (Wildman–Crippen LogP) is 8.96. The molecule has 0 saturated carbocycles. The van der Waals surface area contributed by atoms with Crippen molar-refractivity contribution in [3.8, 4) is 0 Å². The Bertz CT molecular complexity index is 333. The lowest BCUT2D eigenvalue weighted by Crippen LogP contribution is -1.99. The smallest absolute Gasteiger partial charge is 0.302 e. The van der Waals surface area contributed by atoms with E-state index in [4.69, 9.17) is 9.05 Å². The van der Waals surface area contributed by atoms with E-state index in [2.05, 4.69) is 13.8 Å². The van der Waals surface area contributed by atoms with Crippen molar-refractivity contribution in [3.05, 3.63) is 0 Å². The summed E-state index contributed by atoms with van der Waals surface area (Å²) in [4.78, 5) is 9.71. The lowest BCUT2D eigenvalue weighted by Gasteiger charge is -2.12. The van der Waals surface area contributed by atoms with Gasteiger partial charge in [-0.15, -0.1) is 0 Å². The average molecular weight is 435 g/mol. The van der Waals surface area contributed by atoms with Crippen molar-refractivity contribution in [1.82, 2.24) is 0 Å². The molecule has 0 aliphatic heterocycles. The van der Waals surface area contributed by atoms with E-state index in [9.17, 15) is 9.46 Å². The molecular weight excluding hydrogens is 383 g/mol. The van der Waals surface area contributed by atoms with Gasteiger partial charge in [-0.05, 0) is 12.8 Å². The van der Waals surface area contributed by atoms with Gasteiger partial charge >= 0.3 is 7.82 Å². The summed E-state index contributed by atoms with van der Waals surface area (Å²) in [6, 6.07) is 0. The van der Waals surface area contributed by atoms with Crippen LogP contribution < -0.4 is 0 Å². The lowest BCUT2D eigenvalue weighted by molar-refractivity contribution is 0.145. The highest BCUT2D eigenvalue weighted by Gasteiger charge is 2.19. The summed E-state index contributed by atoms with van der Waals surface area (Å²) in [6.45, 7) is 5.14. The molecular formula is C24H51O4P. The Hall–Kier alpha value is 0.110. The summed E-state index contributed by atoms with van der Waals surface area (Å²) < 4.78 is 22.0. The first-order valence-corrected chi connectivity index (χ1v) is 14.2. The number of phosphoric acid groups is 1. The van der Waals surface area contributed by atoms with Gasteiger partial charge in [-0.2, -0.15) is 0 Å². The lowest BCUT2D eigenvalue weighted by atomic mass is 10.1. The first kappa shape index (κ1) is 29.1. The Morgan fingerprint density at radius 1 is 0.483 bits per heavy atom. The molecule has 176 valence electrons. The molecule has 0 saturated heterocycles. The van der Waals surface area contributed by atoms with Gasteiger partial charge in [0.2, 0.25) is 0 Å². The quantitative estimate of drug-likeness (QED) is 0.122. The summed E-state index contributed by atoms with van der Waals surface area (Å²) in [6.07, 6.45) is 24.8. The first-order chi connectivity index (χ1) is 14.1. The van der Waals surface area contributed by atoms with E-state index in [1.54, 1.807) is 0 Å². The van der Waals surface area contributed by atoms with Crippen molar-refractivity contribution in [2.24, 2.45) is 0 Å². The van der Waals surface area contributed by atoms with Gasteiger partial charge in [-0.3, -0.25) is 9.05 Å². The van der Waals surface area contributed by atoms with Crippen molar-refractivity contribution in [1.29, 1.82) is 0 Å². The molecule has 0 unspecified atom stereocenters. The maximum Gasteiger partial charge on any atom is 0.472 e. The number of phosphoric ester groups is 1. The third-order valence-corrected chi connectivity index (χ3v) is 6.52. The van der Waals surface area contributed by atoms with Gasteiger partial charge < -0.3 is 4.89 Å². The highest BCUT2D eigenvalue weighted by molar-refractivity contribution is 7.47. The van der Waals surface area contributed by atoms with Crippen LogP contribution in [0.5, 0.6) is 0 Å².